The van der Waals surface area contributed by atoms with Gasteiger partial charge in [-0.15, -0.1) is 0 Å². The number of hydrogen-bond donors (Lipinski definition) is 2. The molecule has 2 nitrogen and oxygen atoms in total. The molecule has 0 heterocycles. The first-order valence-corrected chi connectivity index (χ1v) is 6.54. The summed E-state index contributed by atoms with van der Waals surface area (Å²) in [5, 5.41) is 3.10. The summed E-state index contributed by atoms with van der Waals surface area (Å²) >= 11 is 13.4. The van der Waals surface area contributed by atoms with E-state index >= 15 is 0 Å². The molecule has 5 heteroatoms. The van der Waals surface area contributed by atoms with E-state index in [1.165, 1.54) is 0 Å². The SMILES string of the molecule is CC(C)C(S)C(=O)Nc1ccc(Cl)cc1Br. The van der Waals surface area contributed by atoms with Gasteiger partial charge in [0.2, 0.25) is 5.91 Å². The highest BCUT2D eigenvalue weighted by atomic mass is 79.9. The van der Waals surface area contributed by atoms with Crippen LogP contribution in [0.15, 0.2) is 22.7 Å². The van der Waals surface area contributed by atoms with Gasteiger partial charge >= 0.3 is 0 Å². The van der Waals surface area contributed by atoms with E-state index in [1.807, 2.05) is 13.8 Å². The van der Waals surface area contributed by atoms with Gasteiger partial charge in [0.1, 0.15) is 0 Å². The van der Waals surface area contributed by atoms with Gasteiger partial charge < -0.3 is 5.32 Å². The van der Waals surface area contributed by atoms with E-state index in [4.69, 9.17) is 11.6 Å². The van der Waals surface area contributed by atoms with Gasteiger partial charge in [-0.3, -0.25) is 4.79 Å². The number of thiol groups is 1. The quantitative estimate of drug-likeness (QED) is 0.809. The number of amides is 1. The average Bonchev–Trinajstić information content (AvgIpc) is 2.20. The normalized spacial score (nSPS) is 12.6. The van der Waals surface area contributed by atoms with Gasteiger partial charge in [-0.2, -0.15) is 12.6 Å². The van der Waals surface area contributed by atoms with Gasteiger partial charge in [-0.1, -0.05) is 25.4 Å². The van der Waals surface area contributed by atoms with Gasteiger partial charge in [0.05, 0.1) is 10.9 Å². The van der Waals surface area contributed by atoms with Crippen LogP contribution in [0.4, 0.5) is 5.69 Å². The molecule has 0 aliphatic carbocycles. The molecule has 0 saturated carbocycles. The number of benzene rings is 1. The number of carbonyl (C=O) groups is 1. The molecule has 1 amide bonds. The molecule has 1 N–H and O–H groups in total. The van der Waals surface area contributed by atoms with Crippen molar-refractivity contribution in [1.29, 1.82) is 0 Å². The van der Waals surface area contributed by atoms with Crippen molar-refractivity contribution in [2.45, 2.75) is 19.1 Å². The summed E-state index contributed by atoms with van der Waals surface area (Å²) in [4.78, 5) is 11.7. The first-order chi connectivity index (χ1) is 7.41. The highest BCUT2D eigenvalue weighted by Crippen LogP contribution is 2.26. The minimum absolute atomic E-state index is 0.110. The molecule has 0 radical (unpaired) electrons. The lowest BCUT2D eigenvalue weighted by molar-refractivity contribution is -0.116. The van der Waals surface area contributed by atoms with Crippen molar-refractivity contribution < 1.29 is 4.79 Å². The Balaban J connectivity index is 2.77. The number of rotatable bonds is 3. The highest BCUT2D eigenvalue weighted by molar-refractivity contribution is 9.10. The Bertz CT molecular complexity index is 398. The summed E-state index contributed by atoms with van der Waals surface area (Å²) in [7, 11) is 0. The van der Waals surface area contributed by atoms with E-state index in [1.54, 1.807) is 18.2 Å². The maximum absolute atomic E-state index is 11.7. The molecule has 1 unspecified atom stereocenters. The van der Waals surface area contributed by atoms with E-state index in [2.05, 4.69) is 33.9 Å². The Morgan fingerprint density at radius 2 is 2.12 bits per heavy atom. The molecule has 88 valence electrons. The predicted octanol–water partition coefficient (Wildman–Crippen LogP) is 4.00. The summed E-state index contributed by atoms with van der Waals surface area (Å²) < 4.78 is 0.762. The lowest BCUT2D eigenvalue weighted by Gasteiger charge is -2.15. The second kappa shape index (κ2) is 5.94. The van der Waals surface area contributed by atoms with E-state index in [-0.39, 0.29) is 17.1 Å². The lowest BCUT2D eigenvalue weighted by Crippen LogP contribution is -2.27. The van der Waals surface area contributed by atoms with Gasteiger partial charge in [0.15, 0.2) is 0 Å². The Morgan fingerprint density at radius 3 is 2.62 bits per heavy atom. The summed E-state index contributed by atoms with van der Waals surface area (Å²) in [6, 6.07) is 5.22. The molecule has 0 saturated heterocycles. The zero-order valence-electron chi connectivity index (χ0n) is 9.00. The molecule has 0 aromatic heterocycles. The summed E-state index contributed by atoms with van der Waals surface area (Å²) in [5.74, 6) is 0.0794. The standard InChI is InChI=1S/C11H13BrClNOS/c1-6(2)10(16)11(15)14-9-4-3-7(13)5-8(9)12/h3-6,10,16H,1-2H3,(H,14,15). The number of halogens is 2. The smallest absolute Gasteiger partial charge is 0.237 e. The van der Waals surface area contributed by atoms with E-state index in [0.717, 1.165) is 4.47 Å². The predicted molar refractivity (Wildman–Crippen MR) is 75.4 cm³/mol. The molecule has 1 aromatic carbocycles. The van der Waals surface area contributed by atoms with Crippen LogP contribution in [-0.4, -0.2) is 11.2 Å². The van der Waals surface area contributed by atoms with E-state index < -0.39 is 0 Å². The molecule has 0 aliphatic rings. The third-order valence-electron chi connectivity index (χ3n) is 2.09. The third-order valence-corrected chi connectivity index (χ3v) is 3.81. The van der Waals surface area contributed by atoms with Crippen LogP contribution in [0.5, 0.6) is 0 Å². The highest BCUT2D eigenvalue weighted by Gasteiger charge is 2.18. The lowest BCUT2D eigenvalue weighted by atomic mass is 10.1. The Labute approximate surface area is 114 Å². The minimum Gasteiger partial charge on any atom is -0.324 e. The van der Waals surface area contributed by atoms with Crippen LogP contribution in [0.3, 0.4) is 0 Å². The molecular weight excluding hydrogens is 310 g/mol. The molecule has 1 atom stereocenters. The third kappa shape index (κ3) is 3.68. The van der Waals surface area contributed by atoms with Gasteiger partial charge in [0.25, 0.3) is 0 Å². The monoisotopic (exact) mass is 321 g/mol. The summed E-state index contributed by atoms with van der Waals surface area (Å²) in [6.07, 6.45) is 0. The maximum Gasteiger partial charge on any atom is 0.237 e. The number of nitrogens with one attached hydrogen (secondary N) is 1. The zero-order chi connectivity index (χ0) is 12.3. The second-order valence-corrected chi connectivity index (χ2v) is 5.65. The van der Waals surface area contributed by atoms with Crippen molar-refractivity contribution in [3.05, 3.63) is 27.7 Å². The number of carbonyl (C=O) groups excluding carboxylic acids is 1. The maximum atomic E-state index is 11.7. The fraction of sp³-hybridized carbons (Fsp3) is 0.364. The molecule has 16 heavy (non-hydrogen) atoms. The summed E-state index contributed by atoms with van der Waals surface area (Å²) in [5.41, 5.74) is 0.703. The van der Waals surface area contributed by atoms with Crippen molar-refractivity contribution >= 4 is 51.8 Å². The van der Waals surface area contributed by atoms with Crippen molar-refractivity contribution in [3.63, 3.8) is 0 Å². The van der Waals surface area contributed by atoms with E-state index in [0.29, 0.717) is 10.7 Å². The molecule has 0 aliphatic heterocycles. The first kappa shape index (κ1) is 13.9. The molecule has 0 bridgehead atoms. The molecule has 1 aromatic rings. The van der Waals surface area contributed by atoms with Gasteiger partial charge in [0, 0.05) is 9.50 Å². The van der Waals surface area contributed by atoms with Crippen molar-refractivity contribution in [2.75, 3.05) is 5.32 Å². The molecule has 0 fully saturated rings. The van der Waals surface area contributed by atoms with E-state index in [9.17, 15) is 4.79 Å². The fourth-order valence-electron chi connectivity index (χ4n) is 1.10. The largest absolute Gasteiger partial charge is 0.324 e. The number of hydrogen-bond acceptors (Lipinski definition) is 2. The van der Waals surface area contributed by atoms with Crippen molar-refractivity contribution in [3.8, 4) is 0 Å². The van der Waals surface area contributed by atoms with Crippen LogP contribution in [0, 0.1) is 5.92 Å². The average molecular weight is 323 g/mol. The Kier molecular flexibility index (Phi) is 5.15. The van der Waals surface area contributed by atoms with Crippen molar-refractivity contribution in [2.24, 2.45) is 5.92 Å². The van der Waals surface area contributed by atoms with Crippen LogP contribution in [0.25, 0.3) is 0 Å². The van der Waals surface area contributed by atoms with Crippen LogP contribution in [-0.2, 0) is 4.79 Å². The molecule has 0 spiro atoms. The van der Waals surface area contributed by atoms with Crippen LogP contribution >= 0.6 is 40.2 Å². The van der Waals surface area contributed by atoms with Crippen molar-refractivity contribution in [1.82, 2.24) is 0 Å². The topological polar surface area (TPSA) is 29.1 Å². The zero-order valence-corrected chi connectivity index (χ0v) is 12.2. The van der Waals surface area contributed by atoms with Gasteiger partial charge in [-0.05, 0) is 40.0 Å². The fourth-order valence-corrected chi connectivity index (χ4v) is 1.95. The summed E-state index contributed by atoms with van der Waals surface area (Å²) in [6.45, 7) is 3.91. The van der Waals surface area contributed by atoms with Crippen LogP contribution < -0.4 is 5.32 Å². The van der Waals surface area contributed by atoms with Crippen LogP contribution in [0.1, 0.15) is 13.8 Å². The second-order valence-electron chi connectivity index (χ2n) is 3.80. The number of anilines is 1. The first-order valence-electron chi connectivity index (χ1n) is 4.86. The van der Waals surface area contributed by atoms with Crippen LogP contribution in [0.2, 0.25) is 5.02 Å². The molecular formula is C11H13BrClNOS. The Morgan fingerprint density at radius 1 is 1.50 bits per heavy atom. The minimum atomic E-state index is -0.317. The molecule has 1 rings (SSSR count). The Hall–Kier alpha value is -0.190. The van der Waals surface area contributed by atoms with Gasteiger partial charge in [-0.25, -0.2) is 0 Å².